The van der Waals surface area contributed by atoms with Crippen molar-refractivity contribution < 1.29 is 0 Å². The van der Waals surface area contributed by atoms with E-state index in [4.69, 9.17) is 5.73 Å². The quantitative estimate of drug-likeness (QED) is 0.802. The van der Waals surface area contributed by atoms with Gasteiger partial charge in [-0.3, -0.25) is 0 Å². The van der Waals surface area contributed by atoms with E-state index in [-0.39, 0.29) is 0 Å². The minimum atomic E-state index is 0.405. The summed E-state index contributed by atoms with van der Waals surface area (Å²) in [7, 11) is 0. The molecule has 2 N–H and O–H groups in total. The van der Waals surface area contributed by atoms with Crippen LogP contribution in [0.25, 0.3) is 5.65 Å². The van der Waals surface area contributed by atoms with Crippen LogP contribution in [0.2, 0.25) is 0 Å². The molecule has 0 atom stereocenters. The highest BCUT2D eigenvalue weighted by Crippen LogP contribution is 2.12. The van der Waals surface area contributed by atoms with Crippen LogP contribution in [0.15, 0.2) is 12.1 Å². The van der Waals surface area contributed by atoms with Gasteiger partial charge in [-0.2, -0.15) is 9.61 Å². The Morgan fingerprint density at radius 1 is 1.33 bits per heavy atom. The standard InChI is InChI=1S/C10H15N5/c1-7(2)8-3-4-9-12-13-10(5-6-11)15(9)14-8/h3-4,7H,5-6,11H2,1-2H3. The van der Waals surface area contributed by atoms with Crippen LogP contribution in [0.4, 0.5) is 0 Å². The highest BCUT2D eigenvalue weighted by molar-refractivity contribution is 5.36. The maximum Gasteiger partial charge on any atom is 0.177 e. The maximum atomic E-state index is 5.50. The first-order valence-electron chi connectivity index (χ1n) is 5.13. The third-order valence-corrected chi connectivity index (χ3v) is 2.31. The SMILES string of the molecule is CC(C)c1ccc2nnc(CCN)n2n1. The van der Waals surface area contributed by atoms with Crippen LogP contribution in [0.3, 0.4) is 0 Å². The lowest BCUT2D eigenvalue weighted by atomic mass is 10.1. The summed E-state index contributed by atoms with van der Waals surface area (Å²) >= 11 is 0. The Balaban J connectivity index is 2.51. The molecule has 2 aromatic heterocycles. The maximum absolute atomic E-state index is 5.50. The third-order valence-electron chi connectivity index (χ3n) is 2.31. The summed E-state index contributed by atoms with van der Waals surface area (Å²) in [5.74, 6) is 1.23. The molecule has 0 amide bonds. The zero-order valence-electron chi connectivity index (χ0n) is 9.01. The molecule has 5 heteroatoms. The van der Waals surface area contributed by atoms with Gasteiger partial charge in [-0.1, -0.05) is 13.8 Å². The Kier molecular flexibility index (Phi) is 2.64. The van der Waals surface area contributed by atoms with Gasteiger partial charge in [0, 0.05) is 6.42 Å². The fourth-order valence-electron chi connectivity index (χ4n) is 1.44. The van der Waals surface area contributed by atoms with Crippen LogP contribution in [0.5, 0.6) is 0 Å². The second-order valence-corrected chi connectivity index (χ2v) is 3.84. The van der Waals surface area contributed by atoms with Gasteiger partial charge in [0.2, 0.25) is 0 Å². The predicted molar refractivity (Wildman–Crippen MR) is 57.6 cm³/mol. The number of hydrogen-bond donors (Lipinski definition) is 1. The van der Waals surface area contributed by atoms with Gasteiger partial charge in [-0.25, -0.2) is 0 Å². The van der Waals surface area contributed by atoms with E-state index in [2.05, 4.69) is 29.1 Å². The molecule has 2 heterocycles. The van der Waals surface area contributed by atoms with E-state index in [9.17, 15) is 0 Å². The fourth-order valence-corrected chi connectivity index (χ4v) is 1.44. The molecule has 2 aromatic rings. The van der Waals surface area contributed by atoms with Crippen molar-refractivity contribution in [1.29, 1.82) is 0 Å². The van der Waals surface area contributed by atoms with E-state index in [0.29, 0.717) is 18.9 Å². The Bertz CT molecular complexity index is 460. The van der Waals surface area contributed by atoms with Crippen molar-refractivity contribution in [2.45, 2.75) is 26.2 Å². The van der Waals surface area contributed by atoms with Crippen molar-refractivity contribution in [2.75, 3.05) is 6.54 Å². The van der Waals surface area contributed by atoms with Crippen LogP contribution >= 0.6 is 0 Å². The zero-order valence-corrected chi connectivity index (χ0v) is 9.01. The molecule has 0 saturated carbocycles. The molecule has 15 heavy (non-hydrogen) atoms. The first-order chi connectivity index (χ1) is 7.22. The zero-order chi connectivity index (χ0) is 10.8. The van der Waals surface area contributed by atoms with E-state index < -0.39 is 0 Å². The average Bonchev–Trinajstić information content (AvgIpc) is 2.61. The number of nitrogens with two attached hydrogens (primary N) is 1. The molecule has 80 valence electrons. The van der Waals surface area contributed by atoms with Gasteiger partial charge in [0.25, 0.3) is 0 Å². The van der Waals surface area contributed by atoms with E-state index in [0.717, 1.165) is 17.2 Å². The second-order valence-electron chi connectivity index (χ2n) is 3.84. The van der Waals surface area contributed by atoms with Gasteiger partial charge in [-0.05, 0) is 24.6 Å². The molecule has 0 radical (unpaired) electrons. The second kappa shape index (κ2) is 3.94. The largest absolute Gasteiger partial charge is 0.330 e. The first kappa shape index (κ1) is 10.0. The van der Waals surface area contributed by atoms with E-state index in [1.807, 2.05) is 12.1 Å². The first-order valence-corrected chi connectivity index (χ1v) is 5.13. The monoisotopic (exact) mass is 205 g/mol. The lowest BCUT2D eigenvalue weighted by Gasteiger charge is -2.04. The minimum absolute atomic E-state index is 0.405. The number of rotatable bonds is 3. The molecule has 0 unspecified atom stereocenters. The minimum Gasteiger partial charge on any atom is -0.330 e. The normalized spacial score (nSPS) is 11.5. The Morgan fingerprint density at radius 3 is 2.80 bits per heavy atom. The number of aromatic nitrogens is 4. The molecule has 0 aliphatic heterocycles. The smallest absolute Gasteiger partial charge is 0.177 e. The van der Waals surface area contributed by atoms with Gasteiger partial charge in [0.05, 0.1) is 5.69 Å². The highest BCUT2D eigenvalue weighted by atomic mass is 15.4. The van der Waals surface area contributed by atoms with Crippen molar-refractivity contribution in [3.8, 4) is 0 Å². The summed E-state index contributed by atoms with van der Waals surface area (Å²) in [5, 5.41) is 12.6. The van der Waals surface area contributed by atoms with Crippen LogP contribution in [0, 0.1) is 0 Å². The summed E-state index contributed by atoms with van der Waals surface area (Å²) in [4.78, 5) is 0. The van der Waals surface area contributed by atoms with Gasteiger partial charge < -0.3 is 5.73 Å². The lowest BCUT2D eigenvalue weighted by molar-refractivity contribution is 0.728. The molecule has 2 rings (SSSR count). The van der Waals surface area contributed by atoms with Crippen molar-refractivity contribution in [2.24, 2.45) is 5.73 Å². The van der Waals surface area contributed by atoms with E-state index in [1.54, 1.807) is 4.52 Å². The Labute approximate surface area is 88.3 Å². The van der Waals surface area contributed by atoms with Crippen molar-refractivity contribution >= 4 is 5.65 Å². The summed E-state index contributed by atoms with van der Waals surface area (Å²) in [6, 6.07) is 3.93. The number of hydrogen-bond acceptors (Lipinski definition) is 4. The average molecular weight is 205 g/mol. The highest BCUT2D eigenvalue weighted by Gasteiger charge is 2.08. The fraction of sp³-hybridized carbons (Fsp3) is 0.500. The molecule has 0 aromatic carbocycles. The Hall–Kier alpha value is -1.49. The van der Waals surface area contributed by atoms with Crippen LogP contribution < -0.4 is 5.73 Å². The van der Waals surface area contributed by atoms with Gasteiger partial charge in [0.1, 0.15) is 0 Å². The topological polar surface area (TPSA) is 69.1 Å². The predicted octanol–water partition coefficient (Wildman–Crippen LogP) is 0.749. The molecule has 0 spiro atoms. The Morgan fingerprint density at radius 2 is 2.13 bits per heavy atom. The lowest BCUT2D eigenvalue weighted by Crippen LogP contribution is -2.09. The van der Waals surface area contributed by atoms with Gasteiger partial charge in [0.15, 0.2) is 11.5 Å². The van der Waals surface area contributed by atoms with Crippen LogP contribution in [-0.2, 0) is 6.42 Å². The number of fused-ring (bicyclic) bond motifs is 1. The summed E-state index contributed by atoms with van der Waals surface area (Å²) in [5.41, 5.74) is 7.32. The molecular formula is C10H15N5. The molecule has 5 nitrogen and oxygen atoms in total. The molecule has 0 fully saturated rings. The third kappa shape index (κ3) is 1.83. The van der Waals surface area contributed by atoms with Crippen molar-refractivity contribution in [3.05, 3.63) is 23.7 Å². The molecule has 0 saturated heterocycles. The number of nitrogens with zero attached hydrogens (tertiary/aromatic N) is 4. The molecule has 0 aliphatic rings. The summed E-state index contributed by atoms with van der Waals surface area (Å²) in [6.45, 7) is 4.79. The van der Waals surface area contributed by atoms with Gasteiger partial charge >= 0.3 is 0 Å². The van der Waals surface area contributed by atoms with Crippen molar-refractivity contribution in [1.82, 2.24) is 19.8 Å². The van der Waals surface area contributed by atoms with Crippen LogP contribution in [-0.4, -0.2) is 26.4 Å². The molecular weight excluding hydrogens is 190 g/mol. The van der Waals surface area contributed by atoms with Gasteiger partial charge in [-0.15, -0.1) is 10.2 Å². The van der Waals surface area contributed by atoms with Crippen LogP contribution in [0.1, 0.15) is 31.3 Å². The summed E-state index contributed by atoms with van der Waals surface area (Å²) in [6.07, 6.45) is 0.704. The molecule has 0 aliphatic carbocycles. The molecule has 0 bridgehead atoms. The van der Waals surface area contributed by atoms with E-state index in [1.165, 1.54) is 0 Å². The van der Waals surface area contributed by atoms with Crippen molar-refractivity contribution in [3.63, 3.8) is 0 Å². The summed E-state index contributed by atoms with van der Waals surface area (Å²) < 4.78 is 1.78. The van der Waals surface area contributed by atoms with E-state index >= 15 is 0 Å².